The monoisotopic (exact) mass is 442 g/mol. The van der Waals surface area contributed by atoms with Crippen molar-refractivity contribution in [2.75, 3.05) is 7.11 Å². The molecule has 5 nitrogen and oxygen atoms in total. The SMILES string of the molecule is COC(=O)CC(=O)CC(O)(CCc1ccsc1C(O[SiH](C)C)C(C)(C)C)C(C)C. The Bertz CT molecular complexity index is 677. The Morgan fingerprint density at radius 2 is 1.86 bits per heavy atom. The second kappa shape index (κ2) is 10.8. The van der Waals surface area contributed by atoms with E-state index in [4.69, 9.17) is 4.43 Å². The molecule has 0 spiro atoms. The molecule has 0 radical (unpaired) electrons. The maximum Gasteiger partial charge on any atom is 0.313 e. The Balaban J connectivity index is 2.98. The molecule has 166 valence electrons. The van der Waals surface area contributed by atoms with Gasteiger partial charge >= 0.3 is 5.97 Å². The van der Waals surface area contributed by atoms with Crippen LogP contribution >= 0.6 is 11.3 Å². The predicted molar refractivity (Wildman–Crippen MR) is 121 cm³/mol. The van der Waals surface area contributed by atoms with Crippen molar-refractivity contribution in [1.29, 1.82) is 0 Å². The number of Topliss-reactive ketones (excluding diaryl/α,β-unsaturated/α-hetero) is 1. The summed E-state index contributed by atoms with van der Waals surface area (Å²) in [5.41, 5.74) is -0.0132. The molecule has 0 aromatic carbocycles. The number of carbonyl (C=O) groups excluding carboxylic acids is 2. The number of aryl methyl sites for hydroxylation is 1. The average Bonchev–Trinajstić information content (AvgIpc) is 3.04. The molecule has 2 atom stereocenters. The van der Waals surface area contributed by atoms with Crippen LogP contribution in [0.5, 0.6) is 0 Å². The summed E-state index contributed by atoms with van der Waals surface area (Å²) in [6.45, 7) is 14.7. The number of hydrogen-bond donors (Lipinski definition) is 1. The van der Waals surface area contributed by atoms with E-state index in [1.807, 2.05) is 13.8 Å². The number of carbonyl (C=O) groups is 2. The topological polar surface area (TPSA) is 72.8 Å². The maximum atomic E-state index is 12.2. The molecule has 0 saturated heterocycles. The van der Waals surface area contributed by atoms with E-state index in [2.05, 4.69) is 50.0 Å². The van der Waals surface area contributed by atoms with Gasteiger partial charge in [0.15, 0.2) is 9.04 Å². The van der Waals surface area contributed by atoms with Crippen LogP contribution < -0.4 is 0 Å². The molecule has 0 aliphatic heterocycles. The Morgan fingerprint density at radius 1 is 1.24 bits per heavy atom. The van der Waals surface area contributed by atoms with Crippen molar-refractivity contribution < 1.29 is 23.9 Å². The zero-order valence-corrected chi connectivity index (χ0v) is 21.2. The average molecular weight is 443 g/mol. The molecule has 0 saturated carbocycles. The number of thiophene rings is 1. The molecule has 1 rings (SSSR count). The molecule has 0 amide bonds. The number of esters is 1. The van der Waals surface area contributed by atoms with Gasteiger partial charge in [0.25, 0.3) is 0 Å². The van der Waals surface area contributed by atoms with E-state index in [0.717, 1.165) is 0 Å². The molecular weight excluding hydrogens is 404 g/mol. The standard InChI is InChI=1S/C22H38O5SSi/c1-15(2)22(25,14-17(23)13-18(24)26-6)11-9-16-10-12-28-19(16)20(21(3,4)5)27-29(7)8/h10,12,15,20,25,29H,9,11,13-14H2,1-8H3. The molecule has 1 aromatic heterocycles. The van der Waals surface area contributed by atoms with Gasteiger partial charge in [0, 0.05) is 11.3 Å². The second-order valence-electron chi connectivity index (χ2n) is 9.47. The molecule has 29 heavy (non-hydrogen) atoms. The highest BCUT2D eigenvalue weighted by Gasteiger charge is 2.35. The van der Waals surface area contributed by atoms with Crippen molar-refractivity contribution in [3.05, 3.63) is 21.9 Å². The number of methoxy groups -OCH3 is 1. The van der Waals surface area contributed by atoms with E-state index < -0.39 is 20.6 Å². The number of ether oxygens (including phenoxy) is 1. The highest BCUT2D eigenvalue weighted by molar-refractivity contribution is 7.10. The van der Waals surface area contributed by atoms with Gasteiger partial charge in [0.2, 0.25) is 0 Å². The van der Waals surface area contributed by atoms with Gasteiger partial charge in [-0.1, -0.05) is 34.6 Å². The molecule has 0 fully saturated rings. The van der Waals surface area contributed by atoms with Crippen molar-refractivity contribution in [2.24, 2.45) is 11.3 Å². The normalized spacial score (nSPS) is 15.4. The summed E-state index contributed by atoms with van der Waals surface area (Å²) >= 11 is 1.70. The first kappa shape index (κ1) is 26.0. The fraction of sp³-hybridized carbons (Fsp3) is 0.727. The molecule has 7 heteroatoms. The van der Waals surface area contributed by atoms with Crippen molar-refractivity contribution in [1.82, 2.24) is 0 Å². The van der Waals surface area contributed by atoms with Gasteiger partial charge in [-0.3, -0.25) is 9.59 Å². The van der Waals surface area contributed by atoms with Crippen LogP contribution in [0.25, 0.3) is 0 Å². The lowest BCUT2D eigenvalue weighted by molar-refractivity contribution is -0.144. The maximum absolute atomic E-state index is 12.2. The lowest BCUT2D eigenvalue weighted by atomic mass is 9.79. The summed E-state index contributed by atoms with van der Waals surface area (Å²) in [5.74, 6) is -0.964. The smallest absolute Gasteiger partial charge is 0.313 e. The molecule has 1 aromatic rings. The largest absolute Gasteiger partial charge is 0.469 e. The molecule has 0 aliphatic carbocycles. The van der Waals surface area contributed by atoms with E-state index in [9.17, 15) is 14.7 Å². The van der Waals surface area contributed by atoms with Crippen LogP contribution in [-0.2, 0) is 25.2 Å². The number of rotatable bonds is 11. The van der Waals surface area contributed by atoms with E-state index in [-0.39, 0.29) is 36.1 Å². The summed E-state index contributed by atoms with van der Waals surface area (Å²) in [6.07, 6.45) is 0.800. The third kappa shape index (κ3) is 7.96. The van der Waals surface area contributed by atoms with Gasteiger partial charge in [-0.2, -0.15) is 0 Å². The second-order valence-corrected chi connectivity index (χ2v) is 12.8. The van der Waals surface area contributed by atoms with E-state index in [1.165, 1.54) is 17.6 Å². The van der Waals surface area contributed by atoms with Crippen LogP contribution in [-0.4, -0.2) is 38.6 Å². The van der Waals surface area contributed by atoms with Crippen LogP contribution in [0.2, 0.25) is 13.1 Å². The Hall–Kier alpha value is -1.02. The van der Waals surface area contributed by atoms with Gasteiger partial charge in [-0.15, -0.1) is 11.3 Å². The lowest BCUT2D eigenvalue weighted by Gasteiger charge is -2.34. The molecular formula is C22H38O5SSi. The highest BCUT2D eigenvalue weighted by atomic mass is 32.1. The van der Waals surface area contributed by atoms with Crippen LogP contribution in [0.1, 0.15) is 70.4 Å². The van der Waals surface area contributed by atoms with E-state index >= 15 is 0 Å². The number of aliphatic hydroxyl groups is 1. The van der Waals surface area contributed by atoms with Crippen LogP contribution in [0.15, 0.2) is 11.4 Å². The van der Waals surface area contributed by atoms with Crippen molar-refractivity contribution in [3.8, 4) is 0 Å². The first-order chi connectivity index (χ1) is 13.3. The summed E-state index contributed by atoms with van der Waals surface area (Å²) in [4.78, 5) is 24.9. The Kier molecular flexibility index (Phi) is 9.72. The summed E-state index contributed by atoms with van der Waals surface area (Å²) in [7, 11) is 0.0285. The van der Waals surface area contributed by atoms with Gasteiger partial charge in [0.1, 0.15) is 12.2 Å². The fourth-order valence-corrected chi connectivity index (χ4v) is 5.71. The van der Waals surface area contributed by atoms with Gasteiger partial charge in [-0.05, 0) is 54.3 Å². The summed E-state index contributed by atoms with van der Waals surface area (Å²) < 4.78 is 11.0. The zero-order valence-electron chi connectivity index (χ0n) is 19.2. The van der Waals surface area contributed by atoms with Gasteiger partial charge < -0.3 is 14.3 Å². The minimum atomic E-state index is -1.23. The van der Waals surface area contributed by atoms with Crippen molar-refractivity contribution in [2.45, 2.75) is 85.1 Å². The Labute approximate surface area is 181 Å². The molecule has 0 bridgehead atoms. The molecule has 1 N–H and O–H groups in total. The van der Waals surface area contributed by atoms with Crippen molar-refractivity contribution >= 4 is 32.1 Å². The Morgan fingerprint density at radius 3 is 2.34 bits per heavy atom. The third-order valence-corrected chi connectivity index (χ3v) is 7.01. The third-order valence-electron chi connectivity index (χ3n) is 5.19. The van der Waals surface area contributed by atoms with Crippen LogP contribution in [0.3, 0.4) is 0 Å². The van der Waals surface area contributed by atoms with Crippen LogP contribution in [0, 0.1) is 11.3 Å². The van der Waals surface area contributed by atoms with Gasteiger partial charge in [-0.25, -0.2) is 0 Å². The molecule has 0 aliphatic rings. The minimum Gasteiger partial charge on any atom is -0.469 e. The lowest BCUT2D eigenvalue weighted by Crippen LogP contribution is -2.38. The molecule has 1 heterocycles. The number of hydrogen-bond acceptors (Lipinski definition) is 6. The summed E-state index contributed by atoms with van der Waals surface area (Å²) in [5, 5.41) is 13.3. The highest BCUT2D eigenvalue weighted by Crippen LogP contribution is 2.41. The first-order valence-electron chi connectivity index (χ1n) is 10.3. The van der Waals surface area contributed by atoms with Crippen LogP contribution in [0.4, 0.5) is 0 Å². The summed E-state index contributed by atoms with van der Waals surface area (Å²) in [6, 6.07) is 2.10. The van der Waals surface area contributed by atoms with Crippen molar-refractivity contribution in [3.63, 3.8) is 0 Å². The van der Waals surface area contributed by atoms with Gasteiger partial charge in [0.05, 0.1) is 18.8 Å². The van der Waals surface area contributed by atoms with E-state index in [0.29, 0.717) is 12.8 Å². The molecule has 2 unspecified atom stereocenters. The quantitative estimate of drug-likeness (QED) is 0.306. The zero-order chi connectivity index (χ0) is 22.4. The minimum absolute atomic E-state index is 0.0252. The first-order valence-corrected chi connectivity index (χ1v) is 14.0. The fourth-order valence-electron chi connectivity index (χ4n) is 3.28. The predicted octanol–water partition coefficient (Wildman–Crippen LogP) is 4.68. The number of ketones is 1. The van der Waals surface area contributed by atoms with E-state index in [1.54, 1.807) is 11.3 Å².